The van der Waals surface area contributed by atoms with E-state index in [1.807, 2.05) is 0 Å². The van der Waals surface area contributed by atoms with Crippen LogP contribution in [-0.4, -0.2) is 76.8 Å². The van der Waals surface area contributed by atoms with Gasteiger partial charge in [-0.3, -0.25) is 9.59 Å². The molecule has 4 saturated carbocycles. The van der Waals surface area contributed by atoms with Crippen molar-refractivity contribution in [1.82, 2.24) is 0 Å². The van der Waals surface area contributed by atoms with Crippen LogP contribution in [0.4, 0.5) is 0 Å². The van der Waals surface area contributed by atoms with Crippen molar-refractivity contribution in [2.24, 2.45) is 44.8 Å². The van der Waals surface area contributed by atoms with Gasteiger partial charge in [0.05, 0.1) is 12.7 Å². The van der Waals surface area contributed by atoms with Gasteiger partial charge >= 0.3 is 11.9 Å². The second-order valence-electron chi connectivity index (χ2n) is 15.9. The fraction of sp³-hybridized carbons (Fsp3) is 0.879. The lowest BCUT2D eigenvalue weighted by Crippen LogP contribution is -2.62. The smallest absolute Gasteiger partial charge is 0.306 e. The molecule has 9 heteroatoms. The SMILES string of the molecule is CC(=O)O[C@@H]1C[C@@]23C[C@@]24CC[C@H](O[C@@H]2OC[C@@H](O)[C@H](O)[C@H]2O)C(C)(C)C4=CC[C@@H]3[C@]2(C)C[C@@H]3OC(=O)C[C@@H](C)[C@@H]3[C@@]12C. The third-order valence-corrected chi connectivity index (χ3v) is 13.9. The van der Waals surface area contributed by atoms with Crippen LogP contribution in [-0.2, 0) is 28.5 Å². The van der Waals surface area contributed by atoms with Gasteiger partial charge in [0, 0.05) is 30.1 Å². The summed E-state index contributed by atoms with van der Waals surface area (Å²) in [5, 5.41) is 30.7. The number of carbonyl (C=O) groups excluding carboxylic acids is 2. The second-order valence-corrected chi connectivity index (χ2v) is 15.9. The summed E-state index contributed by atoms with van der Waals surface area (Å²) in [6, 6.07) is 0. The molecule has 9 nitrogen and oxygen atoms in total. The highest BCUT2D eigenvalue weighted by atomic mass is 16.7. The zero-order chi connectivity index (χ0) is 30.2. The quantitative estimate of drug-likeness (QED) is 0.336. The van der Waals surface area contributed by atoms with Crippen LogP contribution in [0, 0.1) is 44.8 Å². The zero-order valence-electron chi connectivity index (χ0n) is 25.8. The number of hydrogen-bond donors (Lipinski definition) is 3. The highest BCUT2D eigenvalue weighted by Crippen LogP contribution is 2.88. The summed E-state index contributed by atoms with van der Waals surface area (Å²) in [6.45, 7) is 12.7. The van der Waals surface area contributed by atoms with Crippen molar-refractivity contribution in [3.05, 3.63) is 11.6 Å². The molecule has 2 spiro atoms. The molecule has 7 rings (SSSR count). The van der Waals surface area contributed by atoms with Crippen LogP contribution in [0.15, 0.2) is 11.6 Å². The lowest BCUT2D eigenvalue weighted by Gasteiger charge is -2.63. The number of esters is 2. The van der Waals surface area contributed by atoms with Gasteiger partial charge in [0.25, 0.3) is 0 Å². The number of ether oxygens (including phenoxy) is 4. The van der Waals surface area contributed by atoms with E-state index >= 15 is 0 Å². The van der Waals surface area contributed by atoms with Gasteiger partial charge in [-0.25, -0.2) is 0 Å². The van der Waals surface area contributed by atoms with Crippen LogP contribution < -0.4 is 0 Å². The standard InChI is InChI=1S/C33H48O9/c1-16-11-24(36)41-19-12-30(5)21-8-7-20-29(3,4)22(42-28-27(38)26(37)18(35)14-39-28)9-10-32(20)15-33(21,32)13-23(40-17(2)34)31(30,6)25(16)19/h7,16,18-19,21-23,25-28,35,37-38H,8-15H2,1-6H3/t16-,18-,19+,21-,22+,23-,25+,26+,27-,28+,30+,31-,32-,33+/m1/s1. The Morgan fingerprint density at radius 1 is 1.07 bits per heavy atom. The summed E-state index contributed by atoms with van der Waals surface area (Å²) in [5.41, 5.74) is 0.555. The van der Waals surface area contributed by atoms with E-state index in [2.05, 4.69) is 40.7 Å². The molecule has 0 aromatic heterocycles. The molecule has 0 amide bonds. The van der Waals surface area contributed by atoms with Gasteiger partial charge in [-0.2, -0.15) is 0 Å². The number of rotatable bonds is 3. The van der Waals surface area contributed by atoms with E-state index in [-0.39, 0.29) is 75.8 Å². The zero-order valence-corrected chi connectivity index (χ0v) is 25.8. The molecule has 0 bridgehead atoms. The maximum atomic E-state index is 12.6. The third-order valence-electron chi connectivity index (χ3n) is 13.9. The van der Waals surface area contributed by atoms with Crippen molar-refractivity contribution in [2.45, 2.75) is 129 Å². The van der Waals surface area contributed by atoms with Crippen LogP contribution >= 0.6 is 0 Å². The van der Waals surface area contributed by atoms with E-state index in [0.717, 1.165) is 38.5 Å². The summed E-state index contributed by atoms with van der Waals surface area (Å²) in [4.78, 5) is 25.2. The topological polar surface area (TPSA) is 132 Å². The van der Waals surface area contributed by atoms with Gasteiger partial charge in [-0.05, 0) is 66.6 Å². The predicted octanol–water partition coefficient (Wildman–Crippen LogP) is 3.27. The van der Waals surface area contributed by atoms with Gasteiger partial charge in [-0.1, -0.05) is 46.3 Å². The van der Waals surface area contributed by atoms with E-state index in [1.165, 1.54) is 12.5 Å². The first-order valence-corrected chi connectivity index (χ1v) is 16.0. The highest BCUT2D eigenvalue weighted by molar-refractivity contribution is 5.71. The first-order chi connectivity index (χ1) is 19.6. The van der Waals surface area contributed by atoms with E-state index in [0.29, 0.717) is 12.3 Å². The molecule has 42 heavy (non-hydrogen) atoms. The maximum absolute atomic E-state index is 12.6. The molecule has 0 radical (unpaired) electrons. The fourth-order valence-corrected chi connectivity index (χ4v) is 12.0. The van der Waals surface area contributed by atoms with Gasteiger partial charge in [0.15, 0.2) is 6.29 Å². The van der Waals surface area contributed by atoms with Crippen LogP contribution in [0.3, 0.4) is 0 Å². The molecule has 2 aliphatic heterocycles. The van der Waals surface area contributed by atoms with Crippen LogP contribution in [0.5, 0.6) is 0 Å². The van der Waals surface area contributed by atoms with Crippen LogP contribution in [0.1, 0.15) is 86.5 Å². The number of fused-ring (bicyclic) bond motifs is 4. The van der Waals surface area contributed by atoms with Crippen molar-refractivity contribution < 1.29 is 43.9 Å². The Balaban J connectivity index is 1.24. The van der Waals surface area contributed by atoms with E-state index < -0.39 is 24.6 Å². The van der Waals surface area contributed by atoms with Crippen molar-refractivity contribution >= 4 is 11.9 Å². The number of hydrogen-bond acceptors (Lipinski definition) is 9. The minimum atomic E-state index is -1.32. The molecule has 0 aromatic rings. The highest BCUT2D eigenvalue weighted by Gasteiger charge is 2.84. The molecule has 14 atom stereocenters. The Hall–Kier alpha value is -1.52. The Kier molecular flexibility index (Phi) is 6.28. The minimum Gasteiger partial charge on any atom is -0.462 e. The predicted molar refractivity (Wildman–Crippen MR) is 149 cm³/mol. The van der Waals surface area contributed by atoms with Gasteiger partial charge in [0.1, 0.15) is 30.5 Å². The number of aliphatic hydroxyl groups is 3. The summed E-state index contributed by atoms with van der Waals surface area (Å²) in [7, 11) is 0. The Morgan fingerprint density at radius 3 is 2.52 bits per heavy atom. The van der Waals surface area contributed by atoms with Gasteiger partial charge in [-0.15, -0.1) is 0 Å². The molecule has 2 saturated heterocycles. The molecule has 0 aromatic carbocycles. The monoisotopic (exact) mass is 588 g/mol. The molecule has 3 N–H and O–H groups in total. The molecule has 5 aliphatic carbocycles. The molecule has 2 heterocycles. The number of aliphatic hydroxyl groups excluding tert-OH is 3. The minimum absolute atomic E-state index is 0.00437. The second kappa shape index (κ2) is 9.03. The molecule has 234 valence electrons. The lowest BCUT2D eigenvalue weighted by molar-refractivity contribution is -0.293. The summed E-state index contributed by atoms with van der Waals surface area (Å²) in [5.74, 6) is 0.339. The Morgan fingerprint density at radius 2 is 1.81 bits per heavy atom. The van der Waals surface area contributed by atoms with Crippen molar-refractivity contribution in [2.75, 3.05) is 6.61 Å². The normalized spacial score (nSPS) is 55.5. The first-order valence-electron chi connectivity index (χ1n) is 16.0. The van der Waals surface area contributed by atoms with Crippen molar-refractivity contribution in [1.29, 1.82) is 0 Å². The van der Waals surface area contributed by atoms with Crippen molar-refractivity contribution in [3.63, 3.8) is 0 Å². The van der Waals surface area contributed by atoms with Gasteiger partial charge < -0.3 is 34.3 Å². The van der Waals surface area contributed by atoms with E-state index in [4.69, 9.17) is 18.9 Å². The van der Waals surface area contributed by atoms with E-state index in [9.17, 15) is 24.9 Å². The first kappa shape index (κ1) is 29.2. The molecular weight excluding hydrogens is 540 g/mol. The summed E-state index contributed by atoms with van der Waals surface area (Å²) >= 11 is 0. The largest absolute Gasteiger partial charge is 0.462 e. The molecule has 0 unspecified atom stereocenters. The molecule has 7 aliphatic rings. The number of allylic oxidation sites excluding steroid dienone is 1. The van der Waals surface area contributed by atoms with Gasteiger partial charge in [0.2, 0.25) is 0 Å². The maximum Gasteiger partial charge on any atom is 0.306 e. The third kappa shape index (κ3) is 3.49. The number of carbonyl (C=O) groups is 2. The molecule has 6 fully saturated rings. The Labute approximate surface area is 248 Å². The average molecular weight is 589 g/mol. The van der Waals surface area contributed by atoms with Crippen LogP contribution in [0.25, 0.3) is 0 Å². The van der Waals surface area contributed by atoms with Crippen molar-refractivity contribution in [3.8, 4) is 0 Å². The Bertz CT molecular complexity index is 1210. The van der Waals surface area contributed by atoms with E-state index in [1.54, 1.807) is 0 Å². The fourth-order valence-electron chi connectivity index (χ4n) is 12.0. The lowest BCUT2D eigenvalue weighted by atomic mass is 9.42. The van der Waals surface area contributed by atoms with Crippen LogP contribution in [0.2, 0.25) is 0 Å². The summed E-state index contributed by atoms with van der Waals surface area (Å²) < 4.78 is 24.4. The molecular formula is C33H48O9. The summed E-state index contributed by atoms with van der Waals surface area (Å²) in [6.07, 6.45) is 2.76. The average Bonchev–Trinajstić information content (AvgIpc) is 3.48.